The molecule has 0 aliphatic rings. The minimum atomic E-state index is -0.224. The Morgan fingerprint density at radius 3 is 2.87 bits per heavy atom. The summed E-state index contributed by atoms with van der Waals surface area (Å²) in [6, 6.07) is 13.1. The summed E-state index contributed by atoms with van der Waals surface area (Å²) < 4.78 is 1.93. The smallest absolute Gasteiger partial charge is 0.252 e. The predicted molar refractivity (Wildman–Crippen MR) is 122 cm³/mol. The van der Waals surface area contributed by atoms with Crippen LogP contribution in [0.5, 0.6) is 0 Å². The number of nitrogen functional groups attached to an aromatic ring is 1. The number of nitrogens with one attached hydrogen (secondary N) is 2. The molecule has 0 atom stereocenters. The summed E-state index contributed by atoms with van der Waals surface area (Å²) in [5, 5.41) is 6.28. The number of rotatable bonds is 7. The minimum absolute atomic E-state index is 0.224. The summed E-state index contributed by atoms with van der Waals surface area (Å²) in [4.78, 5) is 25.4. The third kappa shape index (κ3) is 4.69. The Labute approximate surface area is 179 Å². The van der Waals surface area contributed by atoms with Crippen molar-refractivity contribution in [3.8, 4) is 0 Å². The number of imidazole rings is 1. The Bertz CT molecular complexity index is 1230. The second-order valence-electron chi connectivity index (χ2n) is 7.01. The zero-order chi connectivity index (χ0) is 21.6. The van der Waals surface area contributed by atoms with E-state index < -0.39 is 0 Å². The molecule has 8 nitrogen and oxygen atoms in total. The van der Waals surface area contributed by atoms with Crippen LogP contribution in [0.3, 0.4) is 0 Å². The summed E-state index contributed by atoms with van der Waals surface area (Å²) >= 11 is 0. The van der Waals surface area contributed by atoms with Crippen LogP contribution >= 0.6 is 0 Å². The van der Waals surface area contributed by atoms with Gasteiger partial charge in [0.05, 0.1) is 23.5 Å². The van der Waals surface area contributed by atoms with E-state index in [1.165, 1.54) is 0 Å². The highest BCUT2D eigenvalue weighted by Gasteiger charge is 2.13. The van der Waals surface area contributed by atoms with E-state index in [1.807, 2.05) is 47.3 Å². The van der Waals surface area contributed by atoms with E-state index in [9.17, 15) is 4.79 Å². The van der Waals surface area contributed by atoms with Gasteiger partial charge in [-0.05, 0) is 35.9 Å². The molecule has 3 heterocycles. The number of benzene rings is 1. The van der Waals surface area contributed by atoms with Gasteiger partial charge in [-0.3, -0.25) is 14.8 Å². The SMILES string of the molecule is C/N=C\c1c(N)cccc1C(=O)NCc1cn2cc(NCc3cccnc3)ccc2n1. The van der Waals surface area contributed by atoms with Crippen LogP contribution in [0, 0.1) is 0 Å². The highest BCUT2D eigenvalue weighted by molar-refractivity contribution is 6.05. The molecule has 4 N–H and O–H groups in total. The Hall–Kier alpha value is -4.20. The molecule has 0 aliphatic heterocycles. The molecular formula is C23H23N7O. The lowest BCUT2D eigenvalue weighted by Gasteiger charge is -2.08. The number of anilines is 2. The molecule has 0 fully saturated rings. The molecule has 3 aromatic heterocycles. The number of carbonyl (C=O) groups is 1. The molecule has 1 aromatic carbocycles. The molecule has 8 heteroatoms. The van der Waals surface area contributed by atoms with E-state index in [0.717, 1.165) is 22.6 Å². The third-order valence-electron chi connectivity index (χ3n) is 4.79. The molecule has 1 amide bonds. The molecule has 0 saturated carbocycles. The zero-order valence-electron chi connectivity index (χ0n) is 17.1. The van der Waals surface area contributed by atoms with Crippen LogP contribution < -0.4 is 16.4 Å². The van der Waals surface area contributed by atoms with Crippen molar-refractivity contribution in [2.24, 2.45) is 4.99 Å². The van der Waals surface area contributed by atoms with Gasteiger partial charge in [0.25, 0.3) is 5.91 Å². The topological polar surface area (TPSA) is 110 Å². The average Bonchev–Trinajstić information content (AvgIpc) is 3.20. The van der Waals surface area contributed by atoms with Gasteiger partial charge in [0.1, 0.15) is 5.65 Å². The summed E-state index contributed by atoms with van der Waals surface area (Å²) in [5.74, 6) is -0.224. The molecule has 156 valence electrons. The monoisotopic (exact) mass is 413 g/mol. The van der Waals surface area contributed by atoms with Crippen molar-refractivity contribution in [2.75, 3.05) is 18.1 Å². The fraction of sp³-hybridized carbons (Fsp3) is 0.130. The number of amides is 1. The first kappa shape index (κ1) is 20.1. The summed E-state index contributed by atoms with van der Waals surface area (Å²) in [6.45, 7) is 0.983. The fourth-order valence-corrected chi connectivity index (χ4v) is 3.26. The third-order valence-corrected chi connectivity index (χ3v) is 4.79. The lowest BCUT2D eigenvalue weighted by Crippen LogP contribution is -2.24. The van der Waals surface area contributed by atoms with Gasteiger partial charge in [-0.1, -0.05) is 12.1 Å². The quantitative estimate of drug-likeness (QED) is 0.319. The van der Waals surface area contributed by atoms with Gasteiger partial charge in [-0.25, -0.2) is 4.98 Å². The van der Waals surface area contributed by atoms with E-state index in [-0.39, 0.29) is 5.91 Å². The molecule has 4 aromatic rings. The number of aromatic nitrogens is 3. The van der Waals surface area contributed by atoms with Gasteiger partial charge in [0.15, 0.2) is 0 Å². The van der Waals surface area contributed by atoms with Crippen molar-refractivity contribution >= 4 is 29.1 Å². The molecule has 0 aliphatic carbocycles. The van der Waals surface area contributed by atoms with Gasteiger partial charge < -0.3 is 20.8 Å². The number of hydrogen-bond acceptors (Lipinski definition) is 6. The van der Waals surface area contributed by atoms with Crippen LogP contribution in [0.2, 0.25) is 0 Å². The Morgan fingerprint density at radius 1 is 1.16 bits per heavy atom. The van der Waals surface area contributed by atoms with Crippen molar-refractivity contribution in [2.45, 2.75) is 13.1 Å². The molecule has 0 unspecified atom stereocenters. The number of fused-ring (bicyclic) bond motifs is 1. The Morgan fingerprint density at radius 2 is 2.06 bits per heavy atom. The first-order valence-electron chi connectivity index (χ1n) is 9.83. The number of pyridine rings is 2. The van der Waals surface area contributed by atoms with E-state index in [1.54, 1.807) is 37.7 Å². The predicted octanol–water partition coefficient (Wildman–Crippen LogP) is 2.90. The first-order valence-corrected chi connectivity index (χ1v) is 9.83. The van der Waals surface area contributed by atoms with Crippen molar-refractivity contribution in [1.29, 1.82) is 0 Å². The van der Waals surface area contributed by atoms with E-state index in [2.05, 4.69) is 25.6 Å². The Balaban J connectivity index is 1.43. The normalized spacial score (nSPS) is 11.1. The van der Waals surface area contributed by atoms with Crippen molar-refractivity contribution in [3.05, 3.63) is 89.6 Å². The standard InChI is InChI=1S/C23H23N7O/c1-25-13-20-19(5-2-6-21(20)24)23(31)28-12-18-15-30-14-17(7-8-22(30)29-18)27-11-16-4-3-9-26-10-16/h2-10,13-15,27H,11-12,24H2,1H3,(H,28,31)/b25-13-. The highest BCUT2D eigenvalue weighted by atomic mass is 16.1. The van der Waals surface area contributed by atoms with Crippen LogP contribution in [0.25, 0.3) is 5.65 Å². The summed E-state index contributed by atoms with van der Waals surface area (Å²) in [6.07, 6.45) is 9.06. The lowest BCUT2D eigenvalue weighted by molar-refractivity contribution is 0.0950. The maximum absolute atomic E-state index is 12.7. The molecule has 0 bridgehead atoms. The van der Waals surface area contributed by atoms with E-state index in [0.29, 0.717) is 29.9 Å². The highest BCUT2D eigenvalue weighted by Crippen LogP contribution is 2.16. The second kappa shape index (κ2) is 9.08. The van der Waals surface area contributed by atoms with Gasteiger partial charge in [-0.15, -0.1) is 0 Å². The van der Waals surface area contributed by atoms with Crippen molar-refractivity contribution < 1.29 is 4.79 Å². The maximum atomic E-state index is 12.7. The lowest BCUT2D eigenvalue weighted by atomic mass is 10.1. The van der Waals surface area contributed by atoms with Crippen molar-refractivity contribution in [3.63, 3.8) is 0 Å². The van der Waals surface area contributed by atoms with Crippen molar-refractivity contribution in [1.82, 2.24) is 19.7 Å². The second-order valence-corrected chi connectivity index (χ2v) is 7.01. The number of hydrogen-bond donors (Lipinski definition) is 3. The van der Waals surface area contributed by atoms with Gasteiger partial charge in [-0.2, -0.15) is 0 Å². The molecule has 0 saturated heterocycles. The van der Waals surface area contributed by atoms with Crippen LogP contribution in [0.15, 0.2) is 72.2 Å². The van der Waals surface area contributed by atoms with Crippen LogP contribution in [0.1, 0.15) is 27.2 Å². The summed E-state index contributed by atoms with van der Waals surface area (Å²) in [5.41, 5.74) is 11.2. The van der Waals surface area contributed by atoms with Gasteiger partial charge in [0.2, 0.25) is 0 Å². The first-order chi connectivity index (χ1) is 15.1. The Kier molecular flexibility index (Phi) is 5.89. The van der Waals surface area contributed by atoms with E-state index in [4.69, 9.17) is 5.73 Å². The average molecular weight is 413 g/mol. The number of nitrogens with two attached hydrogens (primary N) is 1. The van der Waals surface area contributed by atoms with E-state index >= 15 is 0 Å². The summed E-state index contributed by atoms with van der Waals surface area (Å²) in [7, 11) is 1.64. The fourth-order valence-electron chi connectivity index (χ4n) is 3.26. The molecule has 0 radical (unpaired) electrons. The molecule has 4 rings (SSSR count). The largest absolute Gasteiger partial charge is 0.398 e. The van der Waals surface area contributed by atoms with Crippen LogP contribution in [0.4, 0.5) is 11.4 Å². The number of nitrogens with zero attached hydrogens (tertiary/aromatic N) is 4. The molecule has 0 spiro atoms. The minimum Gasteiger partial charge on any atom is -0.398 e. The molecule has 31 heavy (non-hydrogen) atoms. The number of aliphatic imine (C=N–C) groups is 1. The number of carbonyl (C=O) groups excluding carboxylic acids is 1. The zero-order valence-corrected chi connectivity index (χ0v) is 17.1. The van der Waals surface area contributed by atoms with Crippen LogP contribution in [-0.2, 0) is 13.1 Å². The van der Waals surface area contributed by atoms with Gasteiger partial charge in [0, 0.05) is 55.8 Å². The molecular weight excluding hydrogens is 390 g/mol. The van der Waals surface area contributed by atoms with Crippen LogP contribution in [-0.4, -0.2) is 33.5 Å². The maximum Gasteiger partial charge on any atom is 0.252 e. The van der Waals surface area contributed by atoms with Gasteiger partial charge >= 0.3 is 0 Å².